The van der Waals surface area contributed by atoms with Crippen molar-refractivity contribution in [1.29, 1.82) is 0 Å². The van der Waals surface area contributed by atoms with Crippen LogP contribution in [0.15, 0.2) is 18.3 Å². The van der Waals surface area contributed by atoms with Gasteiger partial charge < -0.3 is 10.6 Å². The van der Waals surface area contributed by atoms with Gasteiger partial charge in [0, 0.05) is 18.4 Å². The van der Waals surface area contributed by atoms with Gasteiger partial charge in [-0.25, -0.2) is 4.98 Å². The predicted octanol–water partition coefficient (Wildman–Crippen LogP) is 2.06. The third kappa shape index (κ3) is 2.96. The normalized spacial score (nSPS) is 24.4. The Labute approximate surface area is 106 Å². The predicted molar refractivity (Wildman–Crippen MR) is 68.1 cm³/mol. The van der Waals surface area contributed by atoms with Crippen LogP contribution >= 0.6 is 11.6 Å². The number of piperidine rings is 1. The van der Waals surface area contributed by atoms with E-state index in [1.807, 2.05) is 6.92 Å². The van der Waals surface area contributed by atoms with Gasteiger partial charge in [-0.3, -0.25) is 4.79 Å². The highest BCUT2D eigenvalue weighted by atomic mass is 35.5. The fourth-order valence-corrected chi connectivity index (χ4v) is 2.19. The number of hydrogen-bond donors (Lipinski definition) is 2. The summed E-state index contributed by atoms with van der Waals surface area (Å²) in [5, 5.41) is 6.53. The van der Waals surface area contributed by atoms with Gasteiger partial charge in [-0.15, -0.1) is 0 Å². The molecule has 1 unspecified atom stereocenters. The Morgan fingerprint density at radius 3 is 3.12 bits per heavy atom. The van der Waals surface area contributed by atoms with Crippen molar-refractivity contribution in [3.63, 3.8) is 0 Å². The molecular formula is C12H16ClN3O. The number of aromatic nitrogens is 1. The van der Waals surface area contributed by atoms with Crippen LogP contribution in [-0.2, 0) is 4.79 Å². The van der Waals surface area contributed by atoms with Crippen molar-refractivity contribution in [2.24, 2.45) is 5.41 Å². The first-order chi connectivity index (χ1) is 8.10. The fourth-order valence-electron chi connectivity index (χ4n) is 2.01. The first kappa shape index (κ1) is 12.3. The Morgan fingerprint density at radius 2 is 2.47 bits per heavy atom. The first-order valence-corrected chi connectivity index (χ1v) is 6.12. The minimum absolute atomic E-state index is 0.0342. The highest BCUT2D eigenvalue weighted by Crippen LogP contribution is 2.27. The highest BCUT2D eigenvalue weighted by Gasteiger charge is 2.34. The summed E-state index contributed by atoms with van der Waals surface area (Å²) in [6.07, 6.45) is 3.52. The number of halogens is 1. The van der Waals surface area contributed by atoms with E-state index in [9.17, 15) is 4.79 Å². The van der Waals surface area contributed by atoms with Crippen LogP contribution in [0, 0.1) is 5.41 Å². The van der Waals surface area contributed by atoms with Crippen LogP contribution < -0.4 is 10.6 Å². The lowest BCUT2D eigenvalue weighted by molar-refractivity contribution is -0.125. The molecule has 5 heteroatoms. The van der Waals surface area contributed by atoms with Crippen LogP contribution in [-0.4, -0.2) is 24.0 Å². The third-order valence-electron chi connectivity index (χ3n) is 3.13. The zero-order valence-corrected chi connectivity index (χ0v) is 10.5. The van der Waals surface area contributed by atoms with Gasteiger partial charge in [-0.2, -0.15) is 0 Å². The van der Waals surface area contributed by atoms with E-state index in [2.05, 4.69) is 15.6 Å². The monoisotopic (exact) mass is 253 g/mol. The quantitative estimate of drug-likeness (QED) is 0.794. The summed E-state index contributed by atoms with van der Waals surface area (Å²) in [5.74, 6) is 0.0342. The van der Waals surface area contributed by atoms with E-state index in [1.165, 1.54) is 0 Å². The molecule has 0 aromatic carbocycles. The number of hydrogen-bond acceptors (Lipinski definition) is 3. The topological polar surface area (TPSA) is 54.0 Å². The van der Waals surface area contributed by atoms with Gasteiger partial charge in [-0.05, 0) is 38.4 Å². The summed E-state index contributed by atoms with van der Waals surface area (Å²) >= 11 is 5.77. The third-order valence-corrected chi connectivity index (χ3v) is 3.34. The van der Waals surface area contributed by atoms with Gasteiger partial charge in [0.2, 0.25) is 5.91 Å². The maximum atomic E-state index is 12.2. The van der Waals surface area contributed by atoms with Crippen molar-refractivity contribution in [2.45, 2.75) is 19.8 Å². The summed E-state index contributed by atoms with van der Waals surface area (Å²) in [6.45, 7) is 3.69. The number of nitrogens with one attached hydrogen (secondary N) is 2. The van der Waals surface area contributed by atoms with Crippen molar-refractivity contribution in [3.05, 3.63) is 23.5 Å². The maximum absolute atomic E-state index is 12.2. The number of anilines is 1. The second-order valence-corrected chi connectivity index (χ2v) is 5.05. The zero-order valence-electron chi connectivity index (χ0n) is 9.79. The summed E-state index contributed by atoms with van der Waals surface area (Å²) in [4.78, 5) is 16.1. The number of carbonyl (C=O) groups excluding carboxylic acids is 1. The molecule has 1 fully saturated rings. The fraction of sp³-hybridized carbons (Fsp3) is 0.500. The molecule has 1 amide bonds. The number of nitrogens with zero attached hydrogens (tertiary/aromatic N) is 1. The van der Waals surface area contributed by atoms with Crippen molar-refractivity contribution in [3.8, 4) is 0 Å². The molecule has 1 aliphatic rings. The standard InChI is InChI=1S/C12H16ClN3O/c1-12(4-2-5-14-8-12)11(17)16-9-3-6-15-10(13)7-9/h3,6-7,14H,2,4-5,8H2,1H3,(H,15,16,17). The summed E-state index contributed by atoms with van der Waals surface area (Å²) < 4.78 is 0. The van der Waals surface area contributed by atoms with E-state index < -0.39 is 0 Å². The lowest BCUT2D eigenvalue weighted by Gasteiger charge is -2.32. The van der Waals surface area contributed by atoms with E-state index in [-0.39, 0.29) is 11.3 Å². The van der Waals surface area contributed by atoms with Crippen LogP contribution in [0.5, 0.6) is 0 Å². The van der Waals surface area contributed by atoms with Crippen LogP contribution in [0.1, 0.15) is 19.8 Å². The molecule has 1 aromatic rings. The average molecular weight is 254 g/mol. The van der Waals surface area contributed by atoms with Gasteiger partial charge in [0.25, 0.3) is 0 Å². The number of amides is 1. The number of rotatable bonds is 2. The molecule has 17 heavy (non-hydrogen) atoms. The molecule has 0 aliphatic carbocycles. The Kier molecular flexibility index (Phi) is 3.64. The van der Waals surface area contributed by atoms with Crippen LogP contribution in [0.2, 0.25) is 5.15 Å². The molecular weight excluding hydrogens is 238 g/mol. The van der Waals surface area contributed by atoms with Gasteiger partial charge in [0.15, 0.2) is 0 Å². The molecule has 0 radical (unpaired) electrons. The molecule has 1 aliphatic heterocycles. The molecule has 1 aromatic heterocycles. The highest BCUT2D eigenvalue weighted by molar-refractivity contribution is 6.29. The van der Waals surface area contributed by atoms with Gasteiger partial charge in [-0.1, -0.05) is 11.6 Å². The number of pyridine rings is 1. The van der Waals surface area contributed by atoms with Gasteiger partial charge in [0.05, 0.1) is 5.41 Å². The van der Waals surface area contributed by atoms with E-state index in [0.717, 1.165) is 25.9 Å². The molecule has 1 saturated heterocycles. The van der Waals surface area contributed by atoms with E-state index in [0.29, 0.717) is 10.8 Å². The minimum Gasteiger partial charge on any atom is -0.325 e. The zero-order chi connectivity index (χ0) is 12.3. The van der Waals surface area contributed by atoms with Gasteiger partial charge in [0.1, 0.15) is 5.15 Å². The summed E-state index contributed by atoms with van der Waals surface area (Å²) in [7, 11) is 0. The Bertz CT molecular complexity index is 416. The maximum Gasteiger partial charge on any atom is 0.231 e. The molecule has 2 rings (SSSR count). The van der Waals surface area contributed by atoms with E-state index >= 15 is 0 Å². The second kappa shape index (κ2) is 5.02. The Morgan fingerprint density at radius 1 is 1.65 bits per heavy atom. The minimum atomic E-state index is -0.339. The van der Waals surface area contributed by atoms with Crippen molar-refractivity contribution < 1.29 is 4.79 Å². The number of carbonyl (C=O) groups is 1. The lowest BCUT2D eigenvalue weighted by Crippen LogP contribution is -2.46. The molecule has 0 spiro atoms. The molecule has 92 valence electrons. The average Bonchev–Trinajstić information content (AvgIpc) is 2.30. The SMILES string of the molecule is CC1(C(=O)Nc2ccnc(Cl)c2)CCCNC1. The van der Waals surface area contributed by atoms with Crippen molar-refractivity contribution in [2.75, 3.05) is 18.4 Å². The largest absolute Gasteiger partial charge is 0.325 e. The smallest absolute Gasteiger partial charge is 0.231 e. The molecule has 2 N–H and O–H groups in total. The van der Waals surface area contributed by atoms with E-state index in [1.54, 1.807) is 18.3 Å². The second-order valence-electron chi connectivity index (χ2n) is 4.66. The Hall–Kier alpha value is -1.13. The van der Waals surface area contributed by atoms with Gasteiger partial charge >= 0.3 is 0 Å². The van der Waals surface area contributed by atoms with Crippen molar-refractivity contribution in [1.82, 2.24) is 10.3 Å². The molecule has 4 nitrogen and oxygen atoms in total. The lowest BCUT2D eigenvalue weighted by atomic mass is 9.82. The molecule has 2 heterocycles. The van der Waals surface area contributed by atoms with Crippen molar-refractivity contribution >= 4 is 23.2 Å². The molecule has 0 saturated carbocycles. The molecule has 1 atom stereocenters. The first-order valence-electron chi connectivity index (χ1n) is 5.74. The van der Waals surface area contributed by atoms with Crippen LogP contribution in [0.4, 0.5) is 5.69 Å². The molecule has 0 bridgehead atoms. The van der Waals surface area contributed by atoms with Crippen LogP contribution in [0.25, 0.3) is 0 Å². The Balaban J connectivity index is 2.05. The van der Waals surface area contributed by atoms with E-state index in [4.69, 9.17) is 11.6 Å². The van der Waals surface area contributed by atoms with Crippen LogP contribution in [0.3, 0.4) is 0 Å². The summed E-state index contributed by atoms with van der Waals surface area (Å²) in [5.41, 5.74) is 0.357. The summed E-state index contributed by atoms with van der Waals surface area (Å²) in [6, 6.07) is 3.39.